The Balaban J connectivity index is 2.20. The molecule has 1 aromatic carbocycles. The topological polar surface area (TPSA) is 67.0 Å². The van der Waals surface area contributed by atoms with E-state index in [-0.39, 0.29) is 0 Å². The predicted octanol–water partition coefficient (Wildman–Crippen LogP) is 2.77. The van der Waals surface area contributed by atoms with Crippen LogP contribution >= 0.6 is 11.6 Å². The molecule has 1 heterocycles. The Hall–Kier alpha value is -2.01. The van der Waals surface area contributed by atoms with E-state index in [4.69, 9.17) is 16.3 Å². The van der Waals surface area contributed by atoms with Crippen LogP contribution < -0.4 is 5.32 Å². The summed E-state index contributed by atoms with van der Waals surface area (Å²) in [6.07, 6.45) is 1.63. The lowest BCUT2D eigenvalue weighted by molar-refractivity contribution is 0.0602. The maximum atomic E-state index is 11.7. The summed E-state index contributed by atoms with van der Waals surface area (Å²) in [7, 11) is 1.34. The molecule has 100 valence electrons. The summed E-state index contributed by atoms with van der Waals surface area (Å²) >= 11 is 5.89. The van der Waals surface area contributed by atoms with Crippen LogP contribution in [0.25, 0.3) is 0 Å². The van der Waals surface area contributed by atoms with Crippen LogP contribution in [0.2, 0.25) is 5.02 Å². The van der Waals surface area contributed by atoms with Gasteiger partial charge in [0.25, 0.3) is 0 Å². The summed E-state index contributed by atoms with van der Waals surface area (Å²) in [5.74, 6) is -0.427. The number of esters is 1. The monoisotopic (exact) mass is 279 g/mol. The molecule has 19 heavy (non-hydrogen) atoms. The minimum absolute atomic E-state index is 0.406. The fourth-order valence-corrected chi connectivity index (χ4v) is 1.87. The molecule has 0 aliphatic rings. The van der Waals surface area contributed by atoms with Crippen molar-refractivity contribution in [1.82, 2.24) is 9.97 Å². The molecule has 0 saturated carbocycles. The number of halogens is 1. The second-order valence-electron chi connectivity index (χ2n) is 4.01. The first-order chi connectivity index (χ1) is 9.11. The van der Waals surface area contributed by atoms with Crippen LogP contribution in [0.5, 0.6) is 0 Å². The molecule has 2 aromatic rings. The van der Waals surface area contributed by atoms with Crippen LogP contribution in [0.15, 0.2) is 24.5 Å². The van der Waals surface area contributed by atoms with Gasteiger partial charge in [0.1, 0.15) is 0 Å². The van der Waals surface area contributed by atoms with E-state index in [1.54, 1.807) is 24.5 Å². The van der Waals surface area contributed by atoms with E-state index in [0.29, 0.717) is 22.8 Å². The van der Waals surface area contributed by atoms with E-state index < -0.39 is 5.97 Å². The third-order valence-corrected chi connectivity index (χ3v) is 3.00. The number of benzene rings is 1. The van der Waals surface area contributed by atoms with E-state index in [9.17, 15) is 4.79 Å². The molecule has 0 radical (unpaired) electrons. The highest BCUT2D eigenvalue weighted by atomic mass is 35.5. The lowest BCUT2D eigenvalue weighted by atomic mass is 10.1. The third-order valence-electron chi connectivity index (χ3n) is 2.77. The first-order valence-electron chi connectivity index (χ1n) is 5.72. The highest BCUT2D eigenvalue weighted by Crippen LogP contribution is 2.22. The van der Waals surface area contributed by atoms with Crippen molar-refractivity contribution in [3.8, 4) is 0 Å². The number of imidazole rings is 1. The van der Waals surface area contributed by atoms with Crippen molar-refractivity contribution < 1.29 is 9.53 Å². The molecule has 0 aliphatic heterocycles. The number of rotatable bonds is 4. The smallest absolute Gasteiger partial charge is 0.340 e. The van der Waals surface area contributed by atoms with E-state index in [1.807, 2.05) is 6.92 Å². The van der Waals surface area contributed by atoms with Crippen LogP contribution in [0.1, 0.15) is 21.7 Å². The summed E-state index contributed by atoms with van der Waals surface area (Å²) in [5, 5.41) is 3.64. The molecule has 2 N–H and O–H groups in total. The van der Waals surface area contributed by atoms with Gasteiger partial charge in [0.2, 0.25) is 0 Å². The number of carbonyl (C=O) groups excluding carboxylic acids is 1. The van der Waals surface area contributed by atoms with Crippen molar-refractivity contribution in [2.24, 2.45) is 0 Å². The van der Waals surface area contributed by atoms with Crippen molar-refractivity contribution in [3.05, 3.63) is 46.5 Å². The average molecular weight is 280 g/mol. The zero-order valence-corrected chi connectivity index (χ0v) is 11.4. The fraction of sp³-hybridized carbons (Fsp3) is 0.231. The lowest BCUT2D eigenvalue weighted by Crippen LogP contribution is -2.09. The number of nitrogens with zero attached hydrogens (tertiary/aromatic N) is 1. The Morgan fingerprint density at radius 1 is 1.53 bits per heavy atom. The minimum atomic E-state index is -0.427. The van der Waals surface area contributed by atoms with Crippen LogP contribution in [0.3, 0.4) is 0 Å². The standard InChI is InChI=1S/C13H14ClN3O2/c1-8-12(17-7-16-8)6-15-11-4-3-9(14)5-10(11)13(18)19-2/h3-5,7,15H,6H2,1-2H3,(H,16,17). The number of hydrogen-bond donors (Lipinski definition) is 2. The van der Waals surface area contributed by atoms with Crippen molar-refractivity contribution >= 4 is 23.3 Å². The number of aryl methyl sites for hydroxylation is 1. The Labute approximate surface area is 116 Å². The number of ether oxygens (including phenoxy) is 1. The minimum Gasteiger partial charge on any atom is -0.465 e. The van der Waals surface area contributed by atoms with Crippen molar-refractivity contribution in [3.63, 3.8) is 0 Å². The zero-order valence-electron chi connectivity index (χ0n) is 10.7. The van der Waals surface area contributed by atoms with Gasteiger partial charge >= 0.3 is 5.97 Å². The molecule has 0 fully saturated rings. The van der Waals surface area contributed by atoms with E-state index >= 15 is 0 Å². The first kappa shape index (κ1) is 13.4. The summed E-state index contributed by atoms with van der Waals surface area (Å²) in [4.78, 5) is 18.9. The van der Waals surface area contributed by atoms with Crippen LogP contribution in [0, 0.1) is 6.92 Å². The number of methoxy groups -OCH3 is 1. The van der Waals surface area contributed by atoms with Gasteiger partial charge in [-0.15, -0.1) is 0 Å². The number of aromatic amines is 1. The number of aromatic nitrogens is 2. The molecule has 0 spiro atoms. The number of carbonyl (C=O) groups is 1. The average Bonchev–Trinajstić information content (AvgIpc) is 2.82. The summed E-state index contributed by atoms with van der Waals surface area (Å²) in [6, 6.07) is 5.04. The van der Waals surface area contributed by atoms with Crippen molar-refractivity contribution in [2.75, 3.05) is 12.4 Å². The molecule has 0 atom stereocenters. The SMILES string of the molecule is COC(=O)c1cc(Cl)ccc1NCc1nc[nH]c1C. The van der Waals surface area contributed by atoms with Gasteiger partial charge in [0.05, 0.1) is 31.2 Å². The third kappa shape index (κ3) is 3.06. The second kappa shape index (κ2) is 5.75. The molecule has 5 nitrogen and oxygen atoms in total. The van der Waals surface area contributed by atoms with Gasteiger partial charge in [-0.3, -0.25) is 0 Å². The first-order valence-corrected chi connectivity index (χ1v) is 6.10. The maximum Gasteiger partial charge on any atom is 0.340 e. The zero-order chi connectivity index (χ0) is 13.8. The molecule has 0 aliphatic carbocycles. The molecular weight excluding hydrogens is 266 g/mol. The largest absolute Gasteiger partial charge is 0.465 e. The van der Waals surface area contributed by atoms with Crippen molar-refractivity contribution in [1.29, 1.82) is 0 Å². The lowest BCUT2D eigenvalue weighted by Gasteiger charge is -2.10. The molecule has 0 amide bonds. The molecule has 1 aromatic heterocycles. The number of anilines is 1. The van der Waals surface area contributed by atoms with Crippen LogP contribution in [-0.4, -0.2) is 23.0 Å². The van der Waals surface area contributed by atoms with Gasteiger partial charge in [0, 0.05) is 16.4 Å². The Bertz CT molecular complexity index is 595. The van der Waals surface area contributed by atoms with Gasteiger partial charge in [-0.2, -0.15) is 0 Å². The van der Waals surface area contributed by atoms with Gasteiger partial charge in [-0.1, -0.05) is 11.6 Å². The number of nitrogens with one attached hydrogen (secondary N) is 2. The molecule has 0 saturated heterocycles. The highest BCUT2D eigenvalue weighted by molar-refractivity contribution is 6.31. The van der Waals surface area contributed by atoms with Crippen LogP contribution in [-0.2, 0) is 11.3 Å². The normalized spacial score (nSPS) is 10.3. The second-order valence-corrected chi connectivity index (χ2v) is 4.45. The molecule has 0 unspecified atom stereocenters. The molecule has 6 heteroatoms. The molecular formula is C13H14ClN3O2. The summed E-state index contributed by atoms with van der Waals surface area (Å²) in [5.41, 5.74) is 2.95. The van der Waals surface area contributed by atoms with Crippen molar-refractivity contribution in [2.45, 2.75) is 13.5 Å². The van der Waals surface area contributed by atoms with Gasteiger partial charge in [-0.25, -0.2) is 9.78 Å². The number of hydrogen-bond acceptors (Lipinski definition) is 4. The fourth-order valence-electron chi connectivity index (χ4n) is 1.69. The quantitative estimate of drug-likeness (QED) is 0.845. The van der Waals surface area contributed by atoms with Crippen LogP contribution in [0.4, 0.5) is 5.69 Å². The summed E-state index contributed by atoms with van der Waals surface area (Å²) in [6.45, 7) is 2.45. The molecule has 2 rings (SSSR count). The highest BCUT2D eigenvalue weighted by Gasteiger charge is 2.13. The predicted molar refractivity (Wildman–Crippen MR) is 73.4 cm³/mol. The van der Waals surface area contributed by atoms with Gasteiger partial charge in [-0.05, 0) is 25.1 Å². The van der Waals surface area contributed by atoms with E-state index in [1.165, 1.54) is 7.11 Å². The molecule has 0 bridgehead atoms. The van der Waals surface area contributed by atoms with E-state index in [2.05, 4.69) is 15.3 Å². The maximum absolute atomic E-state index is 11.7. The Morgan fingerprint density at radius 3 is 2.95 bits per heavy atom. The van der Waals surface area contributed by atoms with E-state index in [0.717, 1.165) is 11.4 Å². The Kier molecular flexibility index (Phi) is 4.06. The Morgan fingerprint density at radius 2 is 2.32 bits per heavy atom. The number of H-pyrrole nitrogens is 1. The summed E-state index contributed by atoms with van der Waals surface area (Å²) < 4.78 is 4.73. The van der Waals surface area contributed by atoms with Gasteiger partial charge in [0.15, 0.2) is 0 Å². The van der Waals surface area contributed by atoms with Gasteiger partial charge < -0.3 is 15.0 Å².